The van der Waals surface area contributed by atoms with Crippen LogP contribution in [0.5, 0.6) is 0 Å². The Balaban J connectivity index is 1.95. The highest BCUT2D eigenvalue weighted by Crippen LogP contribution is 2.14. The number of hydrogen-bond acceptors (Lipinski definition) is 3. The lowest BCUT2D eigenvalue weighted by Crippen LogP contribution is -2.49. The fourth-order valence-corrected chi connectivity index (χ4v) is 2.39. The Kier molecular flexibility index (Phi) is 5.14. The van der Waals surface area contributed by atoms with E-state index in [-0.39, 0.29) is 17.8 Å². The first-order chi connectivity index (χ1) is 10.1. The number of piperidine rings is 1. The van der Waals surface area contributed by atoms with Gasteiger partial charge in [0.25, 0.3) is 5.91 Å². The summed E-state index contributed by atoms with van der Waals surface area (Å²) in [7, 11) is 0. The molecule has 1 unspecified atom stereocenters. The molecule has 1 aliphatic rings. The van der Waals surface area contributed by atoms with E-state index in [1.54, 1.807) is 11.8 Å². The molecule has 0 bridgehead atoms. The summed E-state index contributed by atoms with van der Waals surface area (Å²) in [5.41, 5.74) is 0.452. The number of benzene rings is 1. The van der Waals surface area contributed by atoms with E-state index >= 15 is 0 Å². The highest BCUT2D eigenvalue weighted by molar-refractivity contribution is 5.94. The lowest BCUT2D eigenvalue weighted by molar-refractivity contribution is 0.0686. The maximum Gasteiger partial charge on any atom is 0.407 e. The van der Waals surface area contributed by atoms with E-state index in [0.29, 0.717) is 25.3 Å². The van der Waals surface area contributed by atoms with Gasteiger partial charge in [-0.05, 0) is 44.0 Å². The van der Waals surface area contributed by atoms with Gasteiger partial charge in [-0.15, -0.1) is 0 Å². The van der Waals surface area contributed by atoms with Crippen LogP contribution in [0, 0.1) is 5.82 Å². The molecule has 0 aromatic heterocycles. The van der Waals surface area contributed by atoms with Gasteiger partial charge in [-0.25, -0.2) is 9.18 Å². The summed E-state index contributed by atoms with van der Waals surface area (Å²) in [5.74, 6) is -0.516. The van der Waals surface area contributed by atoms with Crippen LogP contribution in [0.15, 0.2) is 24.3 Å². The van der Waals surface area contributed by atoms with Crippen molar-refractivity contribution in [2.45, 2.75) is 25.8 Å². The van der Waals surface area contributed by atoms with Gasteiger partial charge in [0.2, 0.25) is 0 Å². The van der Waals surface area contributed by atoms with Crippen LogP contribution >= 0.6 is 0 Å². The van der Waals surface area contributed by atoms with E-state index in [9.17, 15) is 14.0 Å². The van der Waals surface area contributed by atoms with Crippen molar-refractivity contribution in [2.24, 2.45) is 0 Å². The largest absolute Gasteiger partial charge is 0.450 e. The molecule has 5 nitrogen and oxygen atoms in total. The van der Waals surface area contributed by atoms with Crippen LogP contribution in [0.4, 0.5) is 9.18 Å². The van der Waals surface area contributed by atoms with Gasteiger partial charge in [-0.2, -0.15) is 0 Å². The third-order valence-corrected chi connectivity index (χ3v) is 3.40. The highest BCUT2D eigenvalue weighted by atomic mass is 19.1. The summed E-state index contributed by atoms with van der Waals surface area (Å²) in [6, 6.07) is 5.37. The number of hydrogen-bond donors (Lipinski definition) is 1. The molecule has 2 amide bonds. The van der Waals surface area contributed by atoms with Gasteiger partial charge in [0.05, 0.1) is 6.61 Å². The van der Waals surface area contributed by atoms with Gasteiger partial charge in [-0.3, -0.25) is 4.79 Å². The summed E-state index contributed by atoms with van der Waals surface area (Å²) in [6.07, 6.45) is 1.16. The molecule has 21 heavy (non-hydrogen) atoms. The summed E-state index contributed by atoms with van der Waals surface area (Å²) in [4.78, 5) is 25.4. The molecule has 1 saturated heterocycles. The maximum absolute atomic E-state index is 12.9. The number of halogens is 1. The first kappa shape index (κ1) is 15.3. The molecule has 6 heteroatoms. The number of ether oxygens (including phenoxy) is 1. The van der Waals surface area contributed by atoms with Gasteiger partial charge in [0.15, 0.2) is 0 Å². The number of rotatable bonds is 3. The maximum atomic E-state index is 12.9. The van der Waals surface area contributed by atoms with E-state index in [0.717, 1.165) is 12.8 Å². The zero-order chi connectivity index (χ0) is 15.2. The van der Waals surface area contributed by atoms with Crippen LogP contribution in [0.1, 0.15) is 30.1 Å². The second-order valence-corrected chi connectivity index (χ2v) is 4.96. The molecule has 1 aliphatic heterocycles. The zero-order valence-electron chi connectivity index (χ0n) is 12.0. The van der Waals surface area contributed by atoms with Crippen molar-refractivity contribution < 1.29 is 18.7 Å². The average Bonchev–Trinajstić information content (AvgIpc) is 2.48. The Morgan fingerprint density at radius 2 is 2.10 bits per heavy atom. The SMILES string of the molecule is CCOC(=O)NC1CCCN(C(=O)c2ccc(F)cc2)C1. The number of amides is 2. The lowest BCUT2D eigenvalue weighted by atomic mass is 10.0. The first-order valence-corrected chi connectivity index (χ1v) is 7.08. The second kappa shape index (κ2) is 7.06. The Morgan fingerprint density at radius 1 is 1.38 bits per heavy atom. The van der Waals surface area contributed by atoms with Crippen molar-refractivity contribution in [1.82, 2.24) is 10.2 Å². The number of alkyl carbamates (subject to hydrolysis) is 1. The quantitative estimate of drug-likeness (QED) is 0.929. The van der Waals surface area contributed by atoms with E-state index in [4.69, 9.17) is 4.74 Å². The fourth-order valence-electron chi connectivity index (χ4n) is 2.39. The van der Waals surface area contributed by atoms with E-state index in [1.807, 2.05) is 0 Å². The molecule has 1 heterocycles. The predicted octanol–water partition coefficient (Wildman–Crippen LogP) is 2.18. The molecule has 1 N–H and O–H groups in total. The molecule has 1 aromatic rings. The van der Waals surface area contributed by atoms with Crippen LogP contribution in [0.3, 0.4) is 0 Å². The fraction of sp³-hybridized carbons (Fsp3) is 0.467. The normalized spacial score (nSPS) is 18.2. The molecule has 0 spiro atoms. The monoisotopic (exact) mass is 294 g/mol. The van der Waals surface area contributed by atoms with Gasteiger partial charge in [0.1, 0.15) is 5.82 Å². The van der Waals surface area contributed by atoms with Crippen LogP contribution in [0.2, 0.25) is 0 Å². The summed E-state index contributed by atoms with van der Waals surface area (Å²) < 4.78 is 17.7. The molecule has 1 aromatic carbocycles. The van der Waals surface area contributed by atoms with E-state index in [1.165, 1.54) is 24.3 Å². The summed E-state index contributed by atoms with van der Waals surface area (Å²) in [5, 5.41) is 2.75. The Hall–Kier alpha value is -2.11. The predicted molar refractivity (Wildman–Crippen MR) is 75.5 cm³/mol. The van der Waals surface area contributed by atoms with Crippen molar-refractivity contribution in [2.75, 3.05) is 19.7 Å². The highest BCUT2D eigenvalue weighted by Gasteiger charge is 2.25. The zero-order valence-corrected chi connectivity index (χ0v) is 12.0. The second-order valence-electron chi connectivity index (χ2n) is 4.96. The lowest BCUT2D eigenvalue weighted by Gasteiger charge is -2.33. The van der Waals surface area contributed by atoms with Crippen molar-refractivity contribution in [3.8, 4) is 0 Å². The minimum atomic E-state index is -0.460. The number of nitrogens with one attached hydrogen (secondary N) is 1. The van der Waals surface area contributed by atoms with Crippen molar-refractivity contribution in [1.29, 1.82) is 0 Å². The van der Waals surface area contributed by atoms with Gasteiger partial charge in [0, 0.05) is 24.7 Å². The molecule has 0 aliphatic carbocycles. The molecule has 1 atom stereocenters. The topological polar surface area (TPSA) is 58.6 Å². The smallest absolute Gasteiger partial charge is 0.407 e. The Bertz CT molecular complexity index is 504. The molecular formula is C15H19FN2O3. The third kappa shape index (κ3) is 4.18. The summed E-state index contributed by atoms with van der Waals surface area (Å²) in [6.45, 7) is 3.13. The van der Waals surface area contributed by atoms with E-state index in [2.05, 4.69) is 5.32 Å². The van der Waals surface area contributed by atoms with Crippen molar-refractivity contribution >= 4 is 12.0 Å². The van der Waals surface area contributed by atoms with Crippen LogP contribution in [0.25, 0.3) is 0 Å². The molecule has 1 fully saturated rings. The van der Waals surface area contributed by atoms with Gasteiger partial charge in [-0.1, -0.05) is 0 Å². The average molecular weight is 294 g/mol. The third-order valence-electron chi connectivity index (χ3n) is 3.40. The van der Waals surface area contributed by atoms with E-state index < -0.39 is 6.09 Å². The minimum absolute atomic E-state index is 0.109. The Morgan fingerprint density at radius 3 is 2.76 bits per heavy atom. The number of carbonyl (C=O) groups is 2. The molecule has 114 valence electrons. The van der Waals surface area contributed by atoms with Gasteiger partial charge < -0.3 is 15.0 Å². The Labute approximate surface area is 123 Å². The number of carbonyl (C=O) groups excluding carboxylic acids is 2. The van der Waals surface area contributed by atoms with Crippen molar-refractivity contribution in [3.05, 3.63) is 35.6 Å². The molecule has 0 radical (unpaired) electrons. The minimum Gasteiger partial charge on any atom is -0.450 e. The molecule has 0 saturated carbocycles. The standard InChI is InChI=1S/C15H19FN2O3/c1-2-21-15(20)17-13-4-3-9-18(10-13)14(19)11-5-7-12(16)8-6-11/h5-8,13H,2-4,9-10H2,1H3,(H,17,20). The molecular weight excluding hydrogens is 275 g/mol. The first-order valence-electron chi connectivity index (χ1n) is 7.08. The summed E-state index contributed by atoms with van der Waals surface area (Å²) >= 11 is 0. The van der Waals surface area contributed by atoms with Crippen LogP contribution in [-0.4, -0.2) is 42.6 Å². The van der Waals surface area contributed by atoms with Crippen LogP contribution in [-0.2, 0) is 4.74 Å². The number of nitrogens with zero attached hydrogens (tertiary/aromatic N) is 1. The van der Waals surface area contributed by atoms with Crippen LogP contribution < -0.4 is 5.32 Å². The van der Waals surface area contributed by atoms with Crippen molar-refractivity contribution in [3.63, 3.8) is 0 Å². The van der Waals surface area contributed by atoms with Gasteiger partial charge >= 0.3 is 6.09 Å². The molecule has 2 rings (SSSR count). The number of likely N-dealkylation sites (tertiary alicyclic amines) is 1.